The lowest BCUT2D eigenvalue weighted by molar-refractivity contribution is 0.0963. The highest BCUT2D eigenvalue weighted by atomic mass is 16.1. The fourth-order valence-electron chi connectivity index (χ4n) is 1.69. The summed E-state index contributed by atoms with van der Waals surface area (Å²) in [5, 5.41) is 6.87. The molecule has 0 aliphatic heterocycles. The second-order valence-corrected chi connectivity index (χ2v) is 4.04. The van der Waals surface area contributed by atoms with Gasteiger partial charge in [0.05, 0.1) is 11.9 Å². The van der Waals surface area contributed by atoms with Crippen molar-refractivity contribution in [2.75, 3.05) is 7.05 Å². The zero-order valence-electron chi connectivity index (χ0n) is 10.2. The average molecular weight is 229 g/mol. The molecule has 0 aliphatic carbocycles. The molecule has 1 aromatic carbocycles. The van der Waals surface area contributed by atoms with E-state index >= 15 is 0 Å². The molecule has 0 fully saturated rings. The van der Waals surface area contributed by atoms with Gasteiger partial charge in [-0.15, -0.1) is 0 Å². The van der Waals surface area contributed by atoms with Crippen LogP contribution < -0.4 is 5.32 Å². The Morgan fingerprint density at radius 3 is 2.71 bits per heavy atom. The molecule has 1 aromatic heterocycles. The molecule has 0 saturated heterocycles. The summed E-state index contributed by atoms with van der Waals surface area (Å²) in [6.45, 7) is 3.99. The van der Waals surface area contributed by atoms with E-state index in [-0.39, 0.29) is 5.91 Å². The maximum atomic E-state index is 11.6. The van der Waals surface area contributed by atoms with Gasteiger partial charge in [0.1, 0.15) is 0 Å². The number of nitrogens with zero attached hydrogens (tertiary/aromatic N) is 2. The predicted octanol–water partition coefficient (Wildman–Crippen LogP) is 1.85. The first-order valence-corrected chi connectivity index (χ1v) is 5.46. The number of benzene rings is 1. The highest BCUT2D eigenvalue weighted by Crippen LogP contribution is 2.16. The van der Waals surface area contributed by atoms with Crippen molar-refractivity contribution < 1.29 is 4.79 Å². The van der Waals surface area contributed by atoms with Crippen LogP contribution in [-0.4, -0.2) is 22.7 Å². The predicted molar refractivity (Wildman–Crippen MR) is 66.4 cm³/mol. The summed E-state index contributed by atoms with van der Waals surface area (Å²) in [5.41, 5.74) is 3.75. The fourth-order valence-corrected chi connectivity index (χ4v) is 1.69. The van der Waals surface area contributed by atoms with Gasteiger partial charge in [0.25, 0.3) is 5.91 Å². The zero-order valence-corrected chi connectivity index (χ0v) is 10.2. The number of carbonyl (C=O) groups excluding carboxylic acids is 1. The molecule has 1 heterocycles. The monoisotopic (exact) mass is 229 g/mol. The van der Waals surface area contributed by atoms with Crippen LogP contribution >= 0.6 is 0 Å². The molecule has 0 spiro atoms. The molecule has 1 amide bonds. The lowest BCUT2D eigenvalue weighted by Gasteiger charge is -2.08. The molecular weight excluding hydrogens is 214 g/mol. The minimum atomic E-state index is -0.0878. The molecule has 2 rings (SSSR count). The Labute approximate surface area is 100 Å². The first-order chi connectivity index (χ1) is 8.11. The minimum Gasteiger partial charge on any atom is -0.355 e. The van der Waals surface area contributed by atoms with Gasteiger partial charge in [0, 0.05) is 18.8 Å². The van der Waals surface area contributed by atoms with E-state index in [4.69, 9.17) is 0 Å². The Morgan fingerprint density at radius 1 is 1.35 bits per heavy atom. The number of hydrogen-bond donors (Lipinski definition) is 1. The van der Waals surface area contributed by atoms with Crippen LogP contribution in [0.5, 0.6) is 0 Å². The van der Waals surface area contributed by atoms with Crippen molar-refractivity contribution in [2.45, 2.75) is 13.8 Å². The Kier molecular flexibility index (Phi) is 2.95. The molecule has 88 valence electrons. The summed E-state index contributed by atoms with van der Waals surface area (Å²) in [6.07, 6.45) is 3.74. The first-order valence-electron chi connectivity index (χ1n) is 5.46. The van der Waals surface area contributed by atoms with Crippen LogP contribution in [0.25, 0.3) is 5.69 Å². The second kappa shape index (κ2) is 4.41. The van der Waals surface area contributed by atoms with Crippen LogP contribution in [0.4, 0.5) is 0 Å². The van der Waals surface area contributed by atoms with E-state index in [0.717, 1.165) is 16.8 Å². The summed E-state index contributed by atoms with van der Waals surface area (Å²) >= 11 is 0. The van der Waals surface area contributed by atoms with Crippen LogP contribution in [-0.2, 0) is 0 Å². The van der Waals surface area contributed by atoms with Gasteiger partial charge in [-0.1, -0.05) is 6.07 Å². The molecule has 0 aliphatic rings. The first kappa shape index (κ1) is 11.4. The molecule has 0 bridgehead atoms. The number of rotatable bonds is 2. The molecule has 0 atom stereocenters. The second-order valence-electron chi connectivity index (χ2n) is 4.04. The largest absolute Gasteiger partial charge is 0.355 e. The quantitative estimate of drug-likeness (QED) is 0.854. The molecule has 4 heteroatoms. The van der Waals surface area contributed by atoms with Crippen molar-refractivity contribution in [1.29, 1.82) is 0 Å². The van der Waals surface area contributed by atoms with E-state index in [2.05, 4.69) is 10.4 Å². The lowest BCUT2D eigenvalue weighted by atomic mass is 10.1. The minimum absolute atomic E-state index is 0.0878. The van der Waals surface area contributed by atoms with E-state index in [1.54, 1.807) is 17.9 Å². The van der Waals surface area contributed by atoms with Crippen LogP contribution in [0.3, 0.4) is 0 Å². The number of amides is 1. The molecular formula is C13H15N3O. The highest BCUT2D eigenvalue weighted by molar-refractivity contribution is 5.94. The van der Waals surface area contributed by atoms with Crippen molar-refractivity contribution in [3.05, 3.63) is 47.3 Å². The van der Waals surface area contributed by atoms with Gasteiger partial charge < -0.3 is 5.32 Å². The number of carbonyl (C=O) groups is 1. The van der Waals surface area contributed by atoms with Crippen LogP contribution in [0.1, 0.15) is 21.5 Å². The van der Waals surface area contributed by atoms with Crippen molar-refractivity contribution >= 4 is 5.91 Å². The standard InChI is InChI=1S/C13H15N3O/c1-9-7-15-16(8-9)12-6-11(13(17)14-3)5-4-10(12)2/h4-8H,1-3H3,(H,14,17). The molecule has 4 nitrogen and oxygen atoms in total. The summed E-state index contributed by atoms with van der Waals surface area (Å²) in [7, 11) is 1.62. The summed E-state index contributed by atoms with van der Waals surface area (Å²) in [4.78, 5) is 11.6. The van der Waals surface area contributed by atoms with Gasteiger partial charge in [-0.25, -0.2) is 4.68 Å². The third-order valence-corrected chi connectivity index (χ3v) is 2.66. The summed E-state index contributed by atoms with van der Waals surface area (Å²) < 4.78 is 1.79. The van der Waals surface area contributed by atoms with Gasteiger partial charge in [0.2, 0.25) is 0 Å². The fraction of sp³-hybridized carbons (Fsp3) is 0.231. The van der Waals surface area contributed by atoms with Crippen LogP contribution in [0, 0.1) is 13.8 Å². The van der Waals surface area contributed by atoms with Gasteiger partial charge in [-0.3, -0.25) is 4.79 Å². The molecule has 17 heavy (non-hydrogen) atoms. The Balaban J connectivity index is 2.49. The van der Waals surface area contributed by atoms with Crippen LogP contribution in [0.15, 0.2) is 30.6 Å². The lowest BCUT2D eigenvalue weighted by Crippen LogP contribution is -2.18. The molecule has 0 radical (unpaired) electrons. The van der Waals surface area contributed by atoms with Gasteiger partial charge in [-0.2, -0.15) is 5.10 Å². The Bertz CT molecular complexity index is 558. The number of hydrogen-bond acceptors (Lipinski definition) is 2. The number of aromatic nitrogens is 2. The highest BCUT2D eigenvalue weighted by Gasteiger charge is 2.08. The van der Waals surface area contributed by atoms with Gasteiger partial charge in [-0.05, 0) is 37.1 Å². The maximum absolute atomic E-state index is 11.6. The number of nitrogens with one attached hydrogen (secondary N) is 1. The molecule has 2 aromatic rings. The van der Waals surface area contributed by atoms with Crippen LogP contribution in [0.2, 0.25) is 0 Å². The molecule has 1 N–H and O–H groups in total. The van der Waals surface area contributed by atoms with E-state index < -0.39 is 0 Å². The SMILES string of the molecule is CNC(=O)c1ccc(C)c(-n2cc(C)cn2)c1. The van der Waals surface area contributed by atoms with E-state index in [9.17, 15) is 4.79 Å². The topological polar surface area (TPSA) is 46.9 Å². The summed E-state index contributed by atoms with van der Waals surface area (Å²) in [5.74, 6) is -0.0878. The van der Waals surface area contributed by atoms with E-state index in [1.807, 2.05) is 38.2 Å². The smallest absolute Gasteiger partial charge is 0.251 e. The van der Waals surface area contributed by atoms with Crippen molar-refractivity contribution in [3.63, 3.8) is 0 Å². The average Bonchev–Trinajstić information content (AvgIpc) is 2.75. The van der Waals surface area contributed by atoms with E-state index in [1.165, 1.54) is 0 Å². The van der Waals surface area contributed by atoms with Crippen molar-refractivity contribution in [2.24, 2.45) is 0 Å². The maximum Gasteiger partial charge on any atom is 0.251 e. The Morgan fingerprint density at radius 2 is 2.12 bits per heavy atom. The third kappa shape index (κ3) is 2.20. The normalized spacial score (nSPS) is 10.3. The Hall–Kier alpha value is -2.10. The third-order valence-electron chi connectivity index (χ3n) is 2.66. The van der Waals surface area contributed by atoms with Crippen molar-refractivity contribution in [1.82, 2.24) is 15.1 Å². The summed E-state index contributed by atoms with van der Waals surface area (Å²) in [6, 6.07) is 5.59. The molecule has 0 saturated carbocycles. The van der Waals surface area contributed by atoms with Gasteiger partial charge >= 0.3 is 0 Å². The molecule has 0 unspecified atom stereocenters. The number of aryl methyl sites for hydroxylation is 2. The van der Waals surface area contributed by atoms with Crippen molar-refractivity contribution in [3.8, 4) is 5.69 Å². The van der Waals surface area contributed by atoms with Gasteiger partial charge in [0.15, 0.2) is 0 Å². The van der Waals surface area contributed by atoms with E-state index in [0.29, 0.717) is 5.56 Å². The zero-order chi connectivity index (χ0) is 12.4.